The molecule has 0 radical (unpaired) electrons. The Morgan fingerprint density at radius 2 is 1.78 bits per heavy atom. The third-order valence-corrected chi connectivity index (χ3v) is 2.96. The van der Waals surface area contributed by atoms with Gasteiger partial charge in [0.1, 0.15) is 5.60 Å². The van der Waals surface area contributed by atoms with Gasteiger partial charge in [0.2, 0.25) is 0 Å². The Hall–Kier alpha value is -2.06. The van der Waals surface area contributed by atoms with Gasteiger partial charge in [0.05, 0.1) is 13.0 Å². The number of rotatable bonds is 2. The first-order valence-corrected chi connectivity index (χ1v) is 6.77. The molecule has 1 aliphatic rings. The van der Waals surface area contributed by atoms with E-state index in [1.54, 1.807) is 20.8 Å². The average Bonchev–Trinajstić information content (AvgIpc) is 2.42. The molecule has 0 saturated carbocycles. The summed E-state index contributed by atoms with van der Waals surface area (Å²) in [6, 6.07) is 0. The van der Waals surface area contributed by atoms with Gasteiger partial charge in [0.15, 0.2) is 0 Å². The zero-order valence-electron chi connectivity index (χ0n) is 13.2. The lowest BCUT2D eigenvalue weighted by Gasteiger charge is -2.31. The quantitative estimate of drug-likeness (QED) is 0.724. The number of halogens is 3. The maximum Gasteiger partial charge on any atom is 0.454 e. The van der Waals surface area contributed by atoms with Crippen molar-refractivity contribution >= 4 is 17.8 Å². The molecule has 0 saturated heterocycles. The van der Waals surface area contributed by atoms with Crippen LogP contribution in [-0.4, -0.2) is 48.2 Å². The van der Waals surface area contributed by atoms with Crippen LogP contribution in [-0.2, 0) is 19.1 Å². The summed E-state index contributed by atoms with van der Waals surface area (Å²) in [4.78, 5) is 35.9. The number of ether oxygens (including phenoxy) is 2. The number of hydrogen-bond donors (Lipinski definition) is 0. The molecule has 0 fully saturated rings. The van der Waals surface area contributed by atoms with Gasteiger partial charge in [-0.25, -0.2) is 4.79 Å². The molecule has 9 heteroatoms. The van der Waals surface area contributed by atoms with E-state index in [2.05, 4.69) is 4.74 Å². The van der Waals surface area contributed by atoms with Crippen molar-refractivity contribution < 1.29 is 37.0 Å². The van der Waals surface area contributed by atoms with Crippen LogP contribution in [0.15, 0.2) is 11.8 Å². The summed E-state index contributed by atoms with van der Waals surface area (Å²) in [7, 11) is 1.01. The molecule has 0 aromatic carbocycles. The standard InChI is InChI=1S/C14H18F3NO5/c1-13(2,3)23-12(21)18-6-5-8(11(20)22-4)9(7-18)10(19)14(15,16)17/h7-8H,5-6H2,1-4H3. The zero-order valence-corrected chi connectivity index (χ0v) is 13.2. The molecule has 1 atom stereocenters. The second-order valence-electron chi connectivity index (χ2n) is 5.95. The second-order valence-corrected chi connectivity index (χ2v) is 5.95. The van der Waals surface area contributed by atoms with Crippen molar-refractivity contribution in [1.82, 2.24) is 4.90 Å². The number of esters is 1. The minimum atomic E-state index is -5.16. The van der Waals surface area contributed by atoms with Gasteiger partial charge in [0.25, 0.3) is 5.78 Å². The molecule has 0 spiro atoms. The van der Waals surface area contributed by atoms with E-state index in [0.717, 1.165) is 18.2 Å². The molecule has 130 valence electrons. The SMILES string of the molecule is COC(=O)C1CCN(C(=O)OC(C)(C)C)C=C1C(=O)C(F)(F)F. The number of methoxy groups -OCH3 is 1. The Bertz CT molecular complexity index is 534. The number of alkyl halides is 3. The van der Waals surface area contributed by atoms with E-state index >= 15 is 0 Å². The molecule has 6 nitrogen and oxygen atoms in total. The van der Waals surface area contributed by atoms with Gasteiger partial charge in [-0.3, -0.25) is 14.5 Å². The molecule has 1 heterocycles. The van der Waals surface area contributed by atoms with Crippen molar-refractivity contribution in [1.29, 1.82) is 0 Å². The third kappa shape index (κ3) is 4.97. The van der Waals surface area contributed by atoms with Crippen LogP contribution in [0.4, 0.5) is 18.0 Å². The van der Waals surface area contributed by atoms with Crippen molar-refractivity contribution in [3.63, 3.8) is 0 Å². The molecule has 1 rings (SSSR count). The summed E-state index contributed by atoms with van der Waals surface area (Å²) < 4.78 is 47.6. The number of hydrogen-bond acceptors (Lipinski definition) is 5. The smallest absolute Gasteiger partial charge is 0.454 e. The van der Waals surface area contributed by atoms with Crippen LogP contribution in [0, 0.1) is 5.92 Å². The largest absolute Gasteiger partial charge is 0.469 e. The van der Waals surface area contributed by atoms with Gasteiger partial charge in [-0.05, 0) is 27.2 Å². The normalized spacial score (nSPS) is 19.0. The Morgan fingerprint density at radius 3 is 2.22 bits per heavy atom. The van der Waals surface area contributed by atoms with E-state index in [-0.39, 0.29) is 13.0 Å². The molecular weight excluding hydrogens is 319 g/mol. The average molecular weight is 337 g/mol. The van der Waals surface area contributed by atoms with E-state index < -0.39 is 41.1 Å². The highest BCUT2D eigenvalue weighted by Crippen LogP contribution is 2.31. The van der Waals surface area contributed by atoms with E-state index in [4.69, 9.17) is 4.74 Å². The van der Waals surface area contributed by atoms with Crippen molar-refractivity contribution in [3.05, 3.63) is 11.8 Å². The molecule has 0 aliphatic carbocycles. The topological polar surface area (TPSA) is 72.9 Å². The highest BCUT2D eigenvalue weighted by molar-refractivity contribution is 6.04. The Balaban J connectivity index is 3.14. The van der Waals surface area contributed by atoms with Crippen LogP contribution >= 0.6 is 0 Å². The van der Waals surface area contributed by atoms with Gasteiger partial charge < -0.3 is 9.47 Å². The van der Waals surface area contributed by atoms with Crippen LogP contribution in [0.3, 0.4) is 0 Å². The molecule has 1 amide bonds. The Morgan fingerprint density at radius 1 is 1.22 bits per heavy atom. The zero-order chi connectivity index (χ0) is 18.0. The van der Waals surface area contributed by atoms with E-state index in [1.165, 1.54) is 0 Å². The van der Waals surface area contributed by atoms with Crippen molar-refractivity contribution in [2.75, 3.05) is 13.7 Å². The summed E-state index contributed by atoms with van der Waals surface area (Å²) >= 11 is 0. The number of ketones is 1. The van der Waals surface area contributed by atoms with E-state index in [1.807, 2.05) is 0 Å². The Labute approximate surface area is 131 Å². The number of carbonyl (C=O) groups is 3. The van der Waals surface area contributed by atoms with Gasteiger partial charge >= 0.3 is 18.2 Å². The van der Waals surface area contributed by atoms with Crippen LogP contribution < -0.4 is 0 Å². The number of nitrogens with zero attached hydrogens (tertiary/aromatic N) is 1. The molecule has 0 aromatic rings. The first kappa shape index (κ1) is 19.0. The predicted octanol–water partition coefficient (Wildman–Crippen LogP) is 2.43. The number of carbonyl (C=O) groups excluding carboxylic acids is 3. The first-order valence-electron chi connectivity index (χ1n) is 6.77. The molecule has 1 aliphatic heterocycles. The predicted molar refractivity (Wildman–Crippen MR) is 72.2 cm³/mol. The van der Waals surface area contributed by atoms with Gasteiger partial charge in [-0.15, -0.1) is 0 Å². The van der Waals surface area contributed by atoms with Crippen LogP contribution in [0.2, 0.25) is 0 Å². The molecule has 0 N–H and O–H groups in total. The van der Waals surface area contributed by atoms with Gasteiger partial charge in [-0.2, -0.15) is 13.2 Å². The highest BCUT2D eigenvalue weighted by atomic mass is 19.4. The maximum absolute atomic E-state index is 12.7. The minimum absolute atomic E-state index is 0.0662. The number of amides is 1. The fraction of sp³-hybridized carbons (Fsp3) is 0.643. The van der Waals surface area contributed by atoms with Crippen molar-refractivity contribution in [3.8, 4) is 0 Å². The maximum atomic E-state index is 12.7. The fourth-order valence-electron chi connectivity index (χ4n) is 1.98. The monoisotopic (exact) mass is 337 g/mol. The van der Waals surface area contributed by atoms with Crippen molar-refractivity contribution in [2.45, 2.75) is 39.0 Å². The molecule has 0 aromatic heterocycles. The highest BCUT2D eigenvalue weighted by Gasteiger charge is 2.46. The molecule has 23 heavy (non-hydrogen) atoms. The molecule has 0 bridgehead atoms. The fourth-order valence-corrected chi connectivity index (χ4v) is 1.98. The van der Waals surface area contributed by atoms with E-state index in [9.17, 15) is 27.6 Å². The second kappa shape index (κ2) is 6.59. The molecular formula is C14H18F3NO5. The summed E-state index contributed by atoms with van der Waals surface area (Å²) in [5, 5.41) is 0. The lowest BCUT2D eigenvalue weighted by Crippen LogP contribution is -2.42. The third-order valence-electron chi connectivity index (χ3n) is 2.96. The lowest BCUT2D eigenvalue weighted by molar-refractivity contribution is -0.168. The summed E-state index contributed by atoms with van der Waals surface area (Å²) in [6.45, 7) is 4.72. The van der Waals surface area contributed by atoms with Gasteiger partial charge in [-0.1, -0.05) is 0 Å². The summed E-state index contributed by atoms with van der Waals surface area (Å²) in [5.74, 6) is -4.51. The van der Waals surface area contributed by atoms with Crippen LogP contribution in [0.25, 0.3) is 0 Å². The Kier molecular flexibility index (Phi) is 5.44. The summed E-state index contributed by atoms with van der Waals surface area (Å²) in [6.07, 6.45) is -5.50. The summed E-state index contributed by atoms with van der Waals surface area (Å²) in [5.41, 5.74) is -1.68. The minimum Gasteiger partial charge on any atom is -0.469 e. The molecule has 1 unspecified atom stereocenters. The first-order chi connectivity index (χ1) is 10.4. The van der Waals surface area contributed by atoms with Gasteiger partial charge in [0, 0.05) is 18.3 Å². The van der Waals surface area contributed by atoms with Crippen molar-refractivity contribution in [2.24, 2.45) is 5.92 Å². The van der Waals surface area contributed by atoms with Crippen LogP contribution in [0.5, 0.6) is 0 Å². The number of Topliss-reactive ketones (excluding diaryl/α,β-unsaturated/α-hetero) is 1. The lowest BCUT2D eigenvalue weighted by atomic mass is 9.90. The van der Waals surface area contributed by atoms with Crippen LogP contribution in [0.1, 0.15) is 27.2 Å². The van der Waals surface area contributed by atoms with E-state index in [0.29, 0.717) is 0 Å².